The molecule has 0 radical (unpaired) electrons. The summed E-state index contributed by atoms with van der Waals surface area (Å²) in [6.45, 7) is 2.69. The predicted octanol–water partition coefficient (Wildman–Crippen LogP) is 2.34. The van der Waals surface area contributed by atoms with Crippen LogP contribution >= 0.6 is 22.7 Å². The second kappa shape index (κ2) is 5.94. The lowest BCUT2D eigenvalue weighted by molar-refractivity contribution is -0.115. The highest BCUT2D eigenvalue weighted by molar-refractivity contribution is 7.15. The molecule has 1 saturated heterocycles. The number of hydrogen-bond donors (Lipinski definition) is 1. The van der Waals surface area contributed by atoms with Gasteiger partial charge < -0.3 is 10.1 Å². The average Bonchev–Trinajstić information content (AvgIpc) is 3.10. The Morgan fingerprint density at radius 2 is 2.45 bits per heavy atom. The molecule has 0 saturated carbocycles. The number of ether oxygens (including phenoxy) is 1. The zero-order valence-corrected chi connectivity index (χ0v) is 12.6. The lowest BCUT2D eigenvalue weighted by Gasteiger charge is -2.02. The Morgan fingerprint density at radius 3 is 3.15 bits per heavy atom. The molecule has 3 rings (SSSR count). The van der Waals surface area contributed by atoms with Crippen LogP contribution in [0.25, 0.3) is 0 Å². The molecular weight excluding hydrogens is 296 g/mol. The van der Waals surface area contributed by atoms with Gasteiger partial charge in [-0.2, -0.15) is 0 Å². The zero-order valence-electron chi connectivity index (χ0n) is 11.0. The number of nitrogens with zero attached hydrogens (tertiary/aromatic N) is 3. The highest BCUT2D eigenvalue weighted by atomic mass is 32.1. The third-order valence-corrected chi connectivity index (χ3v) is 4.65. The van der Waals surface area contributed by atoms with Gasteiger partial charge in [-0.1, -0.05) is 11.3 Å². The molecule has 3 heterocycles. The van der Waals surface area contributed by atoms with Gasteiger partial charge in [-0.15, -0.1) is 21.5 Å². The van der Waals surface area contributed by atoms with Crippen molar-refractivity contribution in [1.82, 2.24) is 15.2 Å². The van der Waals surface area contributed by atoms with Gasteiger partial charge in [-0.25, -0.2) is 4.98 Å². The van der Waals surface area contributed by atoms with Gasteiger partial charge in [0, 0.05) is 12.0 Å². The van der Waals surface area contributed by atoms with Gasteiger partial charge in [0.25, 0.3) is 0 Å². The average molecular weight is 310 g/mol. The van der Waals surface area contributed by atoms with Crippen LogP contribution in [0.5, 0.6) is 0 Å². The third-order valence-electron chi connectivity index (χ3n) is 2.90. The molecule has 2 aromatic heterocycles. The van der Waals surface area contributed by atoms with Crippen LogP contribution in [-0.2, 0) is 16.0 Å². The van der Waals surface area contributed by atoms with Crippen LogP contribution in [0, 0.1) is 6.92 Å². The van der Waals surface area contributed by atoms with E-state index in [4.69, 9.17) is 4.74 Å². The van der Waals surface area contributed by atoms with E-state index in [0.29, 0.717) is 5.13 Å². The maximum Gasteiger partial charge on any atom is 0.232 e. The van der Waals surface area contributed by atoms with E-state index >= 15 is 0 Å². The van der Waals surface area contributed by atoms with Gasteiger partial charge in [-0.05, 0) is 19.8 Å². The van der Waals surface area contributed by atoms with Crippen molar-refractivity contribution in [3.05, 3.63) is 21.1 Å². The van der Waals surface area contributed by atoms with Gasteiger partial charge in [0.2, 0.25) is 11.0 Å². The van der Waals surface area contributed by atoms with Crippen LogP contribution in [0.1, 0.15) is 34.7 Å². The number of amides is 1. The summed E-state index contributed by atoms with van der Waals surface area (Å²) in [7, 11) is 0. The summed E-state index contributed by atoms with van der Waals surface area (Å²) in [6, 6.07) is 0. The van der Waals surface area contributed by atoms with Crippen molar-refractivity contribution in [2.75, 3.05) is 11.9 Å². The maximum absolute atomic E-state index is 11.9. The Morgan fingerprint density at radius 1 is 1.55 bits per heavy atom. The number of aromatic nitrogens is 3. The highest BCUT2D eigenvalue weighted by Gasteiger charge is 2.22. The second-order valence-electron chi connectivity index (χ2n) is 4.53. The maximum atomic E-state index is 11.9. The second-order valence-corrected chi connectivity index (χ2v) is 6.60. The van der Waals surface area contributed by atoms with Crippen LogP contribution < -0.4 is 5.32 Å². The van der Waals surface area contributed by atoms with Crippen LogP contribution in [0.2, 0.25) is 0 Å². The van der Waals surface area contributed by atoms with Crippen molar-refractivity contribution < 1.29 is 9.53 Å². The van der Waals surface area contributed by atoms with Gasteiger partial charge >= 0.3 is 0 Å². The summed E-state index contributed by atoms with van der Waals surface area (Å²) in [5.41, 5.74) is 0.786. The molecule has 2 aromatic rings. The summed E-state index contributed by atoms with van der Waals surface area (Å²) < 4.78 is 5.54. The first-order valence-electron chi connectivity index (χ1n) is 6.36. The summed E-state index contributed by atoms with van der Waals surface area (Å²) in [5.74, 6) is -0.120. The molecule has 1 unspecified atom stereocenters. The topological polar surface area (TPSA) is 77.0 Å². The van der Waals surface area contributed by atoms with Crippen molar-refractivity contribution in [1.29, 1.82) is 0 Å². The van der Waals surface area contributed by atoms with Crippen molar-refractivity contribution in [3.8, 4) is 0 Å². The summed E-state index contributed by atoms with van der Waals surface area (Å²) in [5, 5.41) is 15.0. The van der Waals surface area contributed by atoms with Crippen molar-refractivity contribution in [2.45, 2.75) is 32.3 Å². The summed E-state index contributed by atoms with van der Waals surface area (Å²) in [6.07, 6.45) is 2.33. The summed E-state index contributed by atoms with van der Waals surface area (Å²) in [4.78, 5) is 16.1. The highest BCUT2D eigenvalue weighted by Crippen LogP contribution is 2.31. The number of carbonyl (C=O) groups is 1. The van der Waals surface area contributed by atoms with Crippen molar-refractivity contribution in [2.24, 2.45) is 0 Å². The van der Waals surface area contributed by atoms with Gasteiger partial charge in [-0.3, -0.25) is 4.79 Å². The monoisotopic (exact) mass is 310 g/mol. The first-order chi connectivity index (χ1) is 9.70. The molecule has 1 atom stereocenters. The molecule has 0 aromatic carbocycles. The molecule has 6 nitrogen and oxygen atoms in total. The molecule has 1 aliphatic heterocycles. The minimum Gasteiger partial charge on any atom is -0.371 e. The predicted molar refractivity (Wildman–Crippen MR) is 77.0 cm³/mol. The Balaban J connectivity index is 1.58. The number of hydrogen-bond acceptors (Lipinski definition) is 7. The van der Waals surface area contributed by atoms with Crippen molar-refractivity contribution >= 4 is 33.7 Å². The van der Waals surface area contributed by atoms with Crippen LogP contribution in [0.15, 0.2) is 5.38 Å². The number of rotatable bonds is 4. The van der Waals surface area contributed by atoms with E-state index < -0.39 is 0 Å². The molecule has 20 heavy (non-hydrogen) atoms. The minimum atomic E-state index is -0.120. The van der Waals surface area contributed by atoms with E-state index in [1.165, 1.54) is 11.3 Å². The van der Waals surface area contributed by atoms with Crippen molar-refractivity contribution in [3.63, 3.8) is 0 Å². The molecule has 0 bridgehead atoms. The van der Waals surface area contributed by atoms with Crippen LogP contribution in [-0.4, -0.2) is 27.7 Å². The van der Waals surface area contributed by atoms with E-state index in [0.717, 1.165) is 35.2 Å². The van der Waals surface area contributed by atoms with E-state index in [9.17, 15) is 4.79 Å². The number of aryl methyl sites for hydroxylation is 1. The zero-order chi connectivity index (χ0) is 13.9. The summed E-state index contributed by atoms with van der Waals surface area (Å²) >= 11 is 2.92. The molecule has 8 heteroatoms. The molecule has 0 spiro atoms. The number of carbonyl (C=O) groups excluding carboxylic acids is 1. The fraction of sp³-hybridized carbons (Fsp3) is 0.500. The first kappa shape index (κ1) is 13.6. The normalized spacial score (nSPS) is 18.4. The quantitative estimate of drug-likeness (QED) is 0.938. The Kier molecular flexibility index (Phi) is 4.04. The fourth-order valence-corrected chi connectivity index (χ4v) is 3.46. The van der Waals surface area contributed by atoms with E-state index in [2.05, 4.69) is 20.5 Å². The molecule has 1 fully saturated rings. The Labute approximate surface area is 124 Å². The lowest BCUT2D eigenvalue weighted by Crippen LogP contribution is -2.14. The van der Waals surface area contributed by atoms with E-state index in [1.807, 2.05) is 12.3 Å². The van der Waals surface area contributed by atoms with Gasteiger partial charge in [0.1, 0.15) is 11.1 Å². The van der Waals surface area contributed by atoms with Gasteiger partial charge in [0.05, 0.1) is 17.1 Å². The Bertz CT molecular complexity index is 604. The molecule has 1 N–H and O–H groups in total. The number of thiazole rings is 1. The SMILES string of the molecule is Cc1nc(CC(=O)Nc2nnc(C3CCCO3)s2)cs1. The molecule has 1 aliphatic rings. The molecule has 0 aliphatic carbocycles. The number of nitrogens with one attached hydrogen (secondary N) is 1. The van der Waals surface area contributed by atoms with E-state index in [-0.39, 0.29) is 18.4 Å². The standard InChI is InChI=1S/C12H14N4O2S2/c1-7-13-8(6-19-7)5-10(17)14-12-16-15-11(20-12)9-3-2-4-18-9/h6,9H,2-5H2,1H3,(H,14,16,17). The number of anilines is 1. The Hall–Kier alpha value is -1.38. The minimum absolute atomic E-state index is 0.0411. The molecule has 106 valence electrons. The fourth-order valence-electron chi connectivity index (χ4n) is 2.01. The lowest BCUT2D eigenvalue weighted by atomic mass is 10.2. The van der Waals surface area contributed by atoms with Gasteiger partial charge in [0.15, 0.2) is 0 Å². The smallest absolute Gasteiger partial charge is 0.232 e. The largest absolute Gasteiger partial charge is 0.371 e. The third kappa shape index (κ3) is 3.20. The van der Waals surface area contributed by atoms with Crippen LogP contribution in [0.4, 0.5) is 5.13 Å². The molecule has 1 amide bonds. The molecular formula is C12H14N4O2S2. The first-order valence-corrected chi connectivity index (χ1v) is 8.06. The van der Waals surface area contributed by atoms with Crippen LogP contribution in [0.3, 0.4) is 0 Å². The van der Waals surface area contributed by atoms with E-state index in [1.54, 1.807) is 11.3 Å².